The van der Waals surface area contributed by atoms with Crippen molar-refractivity contribution in [2.45, 2.75) is 6.42 Å². The van der Waals surface area contributed by atoms with Crippen LogP contribution < -0.4 is 19.5 Å². The van der Waals surface area contributed by atoms with Gasteiger partial charge in [-0.15, -0.1) is 11.6 Å². The summed E-state index contributed by atoms with van der Waals surface area (Å²) in [5.74, 6) is 2.26. The Hall–Kier alpha value is -3.17. The first-order chi connectivity index (χ1) is 15.2. The predicted octanol–water partition coefficient (Wildman–Crippen LogP) is 5.78. The van der Waals surface area contributed by atoms with Crippen molar-refractivity contribution in [2.24, 2.45) is 0 Å². The zero-order valence-corrected chi connectivity index (χ0v) is 18.0. The van der Waals surface area contributed by atoms with Crippen molar-refractivity contribution in [3.63, 3.8) is 0 Å². The maximum Gasteiger partial charge on any atom is 0.202 e. The Balaban J connectivity index is 1.56. The number of anilines is 2. The molecule has 4 aromatic rings. The van der Waals surface area contributed by atoms with Crippen LogP contribution in [0.15, 0.2) is 48.9 Å². The fourth-order valence-corrected chi connectivity index (χ4v) is 3.58. The van der Waals surface area contributed by atoms with Gasteiger partial charge >= 0.3 is 0 Å². The summed E-state index contributed by atoms with van der Waals surface area (Å²) >= 11 is 6.99. The summed E-state index contributed by atoms with van der Waals surface area (Å²) in [4.78, 5) is 13.0. The molecule has 160 valence electrons. The van der Waals surface area contributed by atoms with E-state index in [-0.39, 0.29) is 5.82 Å². The Morgan fingerprint density at radius 2 is 2.03 bits per heavy atom. The van der Waals surface area contributed by atoms with Gasteiger partial charge in [-0.3, -0.25) is 0 Å². The molecule has 0 saturated carbocycles. The molecule has 2 aromatic carbocycles. The van der Waals surface area contributed by atoms with E-state index >= 15 is 0 Å². The van der Waals surface area contributed by atoms with Gasteiger partial charge in [-0.2, -0.15) is 0 Å². The summed E-state index contributed by atoms with van der Waals surface area (Å²) in [6.45, 7) is 0.481. The molecule has 0 aliphatic rings. The second kappa shape index (κ2) is 9.76. The summed E-state index contributed by atoms with van der Waals surface area (Å²) in [6.07, 6.45) is 3.74. The third kappa shape index (κ3) is 5.12. The highest BCUT2D eigenvalue weighted by atomic mass is 35.5. The molecular weight excluding hydrogens is 443 g/mol. The minimum Gasteiger partial charge on any atom is -0.493 e. The molecular formula is C21H18ClFN4O3S. The van der Waals surface area contributed by atoms with Gasteiger partial charge in [-0.25, -0.2) is 19.3 Å². The number of alkyl halides is 1. The van der Waals surface area contributed by atoms with Crippen LogP contribution in [0.25, 0.3) is 10.9 Å². The SMILES string of the molecule is COc1cc2c(Nc3ncc(Oc4cccc(F)c4)s3)ncnc2cc1OCCCCl. The number of benzene rings is 2. The standard InChI is InChI=1S/C21H18ClFN4O3S/c1-28-17-9-15-16(10-18(17)29-7-3-6-22)25-12-26-20(15)27-21-24-11-19(31-21)30-14-5-2-4-13(23)8-14/h2,4-5,8-12H,3,6-7H2,1H3,(H,24,25,26,27). The summed E-state index contributed by atoms with van der Waals surface area (Å²) in [7, 11) is 1.57. The number of fused-ring (bicyclic) bond motifs is 1. The molecule has 1 N–H and O–H groups in total. The molecule has 0 aliphatic heterocycles. The van der Waals surface area contributed by atoms with Crippen LogP contribution in [0, 0.1) is 5.82 Å². The highest BCUT2D eigenvalue weighted by Crippen LogP contribution is 2.36. The van der Waals surface area contributed by atoms with Crippen molar-refractivity contribution < 1.29 is 18.6 Å². The quantitative estimate of drug-likeness (QED) is 0.250. The zero-order valence-electron chi connectivity index (χ0n) is 16.5. The number of thiazole rings is 1. The fraction of sp³-hybridized carbons (Fsp3) is 0.190. The van der Waals surface area contributed by atoms with E-state index in [2.05, 4.69) is 20.3 Å². The highest BCUT2D eigenvalue weighted by Gasteiger charge is 2.13. The van der Waals surface area contributed by atoms with E-state index in [1.807, 2.05) is 6.07 Å². The van der Waals surface area contributed by atoms with Crippen LogP contribution in [0.4, 0.5) is 15.3 Å². The second-order valence-electron chi connectivity index (χ2n) is 6.30. The molecule has 31 heavy (non-hydrogen) atoms. The van der Waals surface area contributed by atoms with Gasteiger partial charge in [0.05, 0.1) is 25.4 Å². The van der Waals surface area contributed by atoms with Crippen LogP contribution in [0.5, 0.6) is 22.3 Å². The summed E-state index contributed by atoms with van der Waals surface area (Å²) < 4.78 is 30.2. The lowest BCUT2D eigenvalue weighted by atomic mass is 10.2. The average Bonchev–Trinajstić information content (AvgIpc) is 3.20. The van der Waals surface area contributed by atoms with Crippen LogP contribution in [0.3, 0.4) is 0 Å². The smallest absolute Gasteiger partial charge is 0.202 e. The van der Waals surface area contributed by atoms with Crippen LogP contribution in [-0.4, -0.2) is 34.5 Å². The topological polar surface area (TPSA) is 78.4 Å². The normalized spacial score (nSPS) is 10.8. The van der Waals surface area contributed by atoms with Gasteiger partial charge < -0.3 is 19.5 Å². The number of aromatic nitrogens is 3. The van der Waals surface area contributed by atoms with Gasteiger partial charge in [0.15, 0.2) is 16.6 Å². The molecule has 0 saturated heterocycles. The number of halogens is 2. The van der Waals surface area contributed by atoms with Gasteiger partial charge in [-0.05, 0) is 24.6 Å². The molecule has 0 amide bonds. The van der Waals surface area contributed by atoms with Crippen molar-refractivity contribution in [1.82, 2.24) is 15.0 Å². The number of hydrogen-bond donors (Lipinski definition) is 1. The molecule has 0 bridgehead atoms. The molecule has 7 nitrogen and oxygen atoms in total. The predicted molar refractivity (Wildman–Crippen MR) is 119 cm³/mol. The summed E-state index contributed by atoms with van der Waals surface area (Å²) in [5, 5.41) is 4.99. The van der Waals surface area contributed by atoms with Crippen LogP contribution in [-0.2, 0) is 0 Å². The Bertz CT molecular complexity index is 1190. The lowest BCUT2D eigenvalue weighted by Crippen LogP contribution is -2.01. The first-order valence-electron chi connectivity index (χ1n) is 9.34. The molecule has 0 aliphatic carbocycles. The Morgan fingerprint density at radius 3 is 2.84 bits per heavy atom. The number of methoxy groups -OCH3 is 1. The minimum absolute atomic E-state index is 0.368. The number of hydrogen-bond acceptors (Lipinski definition) is 8. The minimum atomic E-state index is -0.368. The second-order valence-corrected chi connectivity index (χ2v) is 7.67. The molecule has 0 fully saturated rings. The first kappa shape index (κ1) is 21.1. The third-order valence-corrected chi connectivity index (χ3v) is 5.24. The first-order valence-corrected chi connectivity index (χ1v) is 10.7. The van der Waals surface area contributed by atoms with Crippen molar-refractivity contribution in [3.8, 4) is 22.3 Å². The lowest BCUT2D eigenvalue weighted by molar-refractivity contribution is 0.295. The molecule has 2 heterocycles. The largest absolute Gasteiger partial charge is 0.493 e. The van der Waals surface area contributed by atoms with Crippen molar-refractivity contribution in [1.29, 1.82) is 0 Å². The van der Waals surface area contributed by atoms with Gasteiger partial charge in [0.25, 0.3) is 0 Å². The third-order valence-electron chi connectivity index (χ3n) is 4.18. The molecule has 0 spiro atoms. The van der Waals surface area contributed by atoms with Gasteiger partial charge in [0.2, 0.25) is 5.06 Å². The number of rotatable bonds is 9. The zero-order chi connectivity index (χ0) is 21.6. The monoisotopic (exact) mass is 460 g/mol. The van der Waals surface area contributed by atoms with E-state index in [1.165, 1.54) is 29.8 Å². The van der Waals surface area contributed by atoms with E-state index in [9.17, 15) is 4.39 Å². The molecule has 0 unspecified atom stereocenters. The van der Waals surface area contributed by atoms with Crippen LogP contribution in [0.1, 0.15) is 6.42 Å². The Kier molecular flexibility index (Phi) is 6.63. The van der Waals surface area contributed by atoms with E-state index in [4.69, 9.17) is 25.8 Å². The number of ether oxygens (including phenoxy) is 3. The average molecular weight is 461 g/mol. The molecule has 4 rings (SSSR count). The molecule has 0 atom stereocenters. The van der Waals surface area contributed by atoms with E-state index in [0.29, 0.717) is 51.3 Å². The maximum absolute atomic E-state index is 13.3. The van der Waals surface area contributed by atoms with E-state index in [0.717, 1.165) is 11.8 Å². The Morgan fingerprint density at radius 1 is 1.13 bits per heavy atom. The highest BCUT2D eigenvalue weighted by molar-refractivity contribution is 7.17. The Labute approximate surface area is 186 Å². The molecule has 2 aromatic heterocycles. The number of nitrogens with one attached hydrogen (secondary N) is 1. The van der Waals surface area contributed by atoms with Crippen LogP contribution in [0.2, 0.25) is 0 Å². The van der Waals surface area contributed by atoms with Crippen molar-refractivity contribution in [2.75, 3.05) is 24.9 Å². The summed E-state index contributed by atoms with van der Waals surface area (Å²) in [6, 6.07) is 9.53. The van der Waals surface area contributed by atoms with Gasteiger partial charge in [-0.1, -0.05) is 17.4 Å². The van der Waals surface area contributed by atoms with Crippen molar-refractivity contribution >= 4 is 44.8 Å². The maximum atomic E-state index is 13.3. The molecule has 10 heteroatoms. The van der Waals surface area contributed by atoms with Crippen LogP contribution >= 0.6 is 22.9 Å². The molecule has 0 radical (unpaired) electrons. The van der Waals surface area contributed by atoms with Gasteiger partial charge in [0.1, 0.15) is 23.7 Å². The lowest BCUT2D eigenvalue weighted by Gasteiger charge is -2.13. The van der Waals surface area contributed by atoms with Gasteiger partial charge in [0, 0.05) is 23.4 Å². The fourth-order valence-electron chi connectivity index (χ4n) is 2.78. The van der Waals surface area contributed by atoms with E-state index in [1.54, 1.807) is 31.5 Å². The van der Waals surface area contributed by atoms with E-state index < -0.39 is 0 Å². The summed E-state index contributed by atoms with van der Waals surface area (Å²) in [5.41, 5.74) is 0.687. The number of nitrogens with zero attached hydrogens (tertiary/aromatic N) is 3. The van der Waals surface area contributed by atoms with Crippen molar-refractivity contribution in [3.05, 3.63) is 54.7 Å².